The Hall–Kier alpha value is -1.86. The molecule has 0 bridgehead atoms. The molecule has 0 heterocycles. The van der Waals surface area contributed by atoms with Gasteiger partial charge in [-0.25, -0.2) is 0 Å². The Morgan fingerprint density at radius 3 is 1.92 bits per heavy atom. The van der Waals surface area contributed by atoms with E-state index in [9.17, 15) is 0 Å². The molecule has 0 aromatic heterocycles. The first-order valence-electron chi connectivity index (χ1n) is 3.52. The molecule has 2 N–H and O–H groups in total. The Labute approximate surface area is 72.6 Å². The number of nitrogens with two attached hydrogens (primary N) is 1. The average Bonchev–Trinajstić information content (AvgIpc) is 2.08. The summed E-state index contributed by atoms with van der Waals surface area (Å²) >= 11 is 0. The van der Waals surface area contributed by atoms with Gasteiger partial charge in [-0.2, -0.15) is 0 Å². The third kappa shape index (κ3) is 1.26. The van der Waals surface area contributed by atoms with Crippen LogP contribution in [-0.4, -0.2) is 0 Å². The number of rotatable bonds is 0. The van der Waals surface area contributed by atoms with Crippen molar-refractivity contribution in [2.75, 3.05) is 5.73 Å². The van der Waals surface area contributed by atoms with E-state index in [1.807, 2.05) is 6.92 Å². The van der Waals surface area contributed by atoms with Gasteiger partial charge in [0.1, 0.15) is 0 Å². The first-order chi connectivity index (χ1) is 5.69. The second-order valence-electron chi connectivity index (χ2n) is 2.53. The number of hydrogen-bond donors (Lipinski definition) is 1. The molecule has 12 heavy (non-hydrogen) atoms. The predicted octanol–water partition coefficient (Wildman–Crippen LogP) is 1.54. The van der Waals surface area contributed by atoms with Gasteiger partial charge < -0.3 is 5.73 Å². The summed E-state index contributed by atoms with van der Waals surface area (Å²) in [5, 5.41) is 0. The lowest BCUT2D eigenvalue weighted by molar-refractivity contribution is 1.41. The molecule has 0 fully saturated rings. The molecular weight excluding hydrogens is 146 g/mol. The number of nitrogen functional groups attached to an aromatic ring is 1. The molecule has 58 valence electrons. The minimum Gasteiger partial charge on any atom is -0.399 e. The van der Waals surface area contributed by atoms with Gasteiger partial charge in [0.05, 0.1) is 0 Å². The van der Waals surface area contributed by atoms with Crippen LogP contribution in [0.5, 0.6) is 0 Å². The Bertz CT molecular complexity index is 353. The van der Waals surface area contributed by atoms with Crippen LogP contribution in [0.1, 0.15) is 16.7 Å². The quantitative estimate of drug-likeness (QED) is 0.446. The molecule has 1 nitrogen and oxygen atoms in total. The monoisotopic (exact) mass is 155 g/mol. The lowest BCUT2D eigenvalue weighted by Crippen LogP contribution is -1.93. The van der Waals surface area contributed by atoms with Crippen molar-refractivity contribution >= 4 is 5.69 Å². The molecule has 0 spiro atoms. The minimum atomic E-state index is 0.612. The van der Waals surface area contributed by atoms with E-state index >= 15 is 0 Å². The molecule has 0 amide bonds. The molecule has 0 aliphatic heterocycles. The van der Waals surface area contributed by atoms with Gasteiger partial charge >= 0.3 is 0 Å². The summed E-state index contributed by atoms with van der Waals surface area (Å²) in [7, 11) is 0. The van der Waals surface area contributed by atoms with Gasteiger partial charge in [-0.15, -0.1) is 12.8 Å². The van der Waals surface area contributed by atoms with Crippen LogP contribution in [0.15, 0.2) is 12.1 Å². The topological polar surface area (TPSA) is 26.0 Å². The van der Waals surface area contributed by atoms with Gasteiger partial charge in [0.15, 0.2) is 0 Å². The van der Waals surface area contributed by atoms with E-state index in [1.54, 1.807) is 12.1 Å². The molecule has 0 aliphatic rings. The summed E-state index contributed by atoms with van der Waals surface area (Å²) in [4.78, 5) is 0. The summed E-state index contributed by atoms with van der Waals surface area (Å²) < 4.78 is 0. The Kier molecular flexibility index (Phi) is 2.08. The molecular formula is C11H9N. The third-order valence-electron chi connectivity index (χ3n) is 1.74. The number of benzene rings is 1. The zero-order valence-corrected chi connectivity index (χ0v) is 6.89. The number of anilines is 1. The smallest absolute Gasteiger partial charge is 0.0339 e. The van der Waals surface area contributed by atoms with Crippen molar-refractivity contribution in [3.63, 3.8) is 0 Å². The van der Waals surface area contributed by atoms with Gasteiger partial charge in [0.25, 0.3) is 0 Å². The summed E-state index contributed by atoms with van der Waals surface area (Å²) in [6.07, 6.45) is 10.5. The van der Waals surface area contributed by atoms with Crippen molar-refractivity contribution in [1.29, 1.82) is 0 Å². The van der Waals surface area contributed by atoms with Gasteiger partial charge in [-0.05, 0) is 24.6 Å². The SMILES string of the molecule is C#Cc1cc(N)cc(C#C)c1C. The Balaban J connectivity index is 3.48. The van der Waals surface area contributed by atoms with Gasteiger partial charge in [-0.3, -0.25) is 0 Å². The molecule has 0 atom stereocenters. The van der Waals surface area contributed by atoms with Crippen LogP contribution >= 0.6 is 0 Å². The standard InChI is InChI=1S/C11H9N/c1-4-9-6-11(12)7-10(5-2)8(9)3/h1-2,6-7H,12H2,3H3. The van der Waals surface area contributed by atoms with Gasteiger partial charge in [0, 0.05) is 16.8 Å². The van der Waals surface area contributed by atoms with Crippen LogP contribution < -0.4 is 5.73 Å². The van der Waals surface area contributed by atoms with E-state index in [-0.39, 0.29) is 0 Å². The van der Waals surface area contributed by atoms with Crippen LogP contribution in [0.4, 0.5) is 5.69 Å². The Morgan fingerprint density at radius 1 is 1.17 bits per heavy atom. The van der Waals surface area contributed by atoms with Gasteiger partial charge in [-0.1, -0.05) is 11.8 Å². The van der Waals surface area contributed by atoms with E-state index in [2.05, 4.69) is 11.8 Å². The minimum absolute atomic E-state index is 0.612. The molecule has 1 aromatic rings. The van der Waals surface area contributed by atoms with Crippen molar-refractivity contribution in [3.05, 3.63) is 28.8 Å². The van der Waals surface area contributed by atoms with Crippen LogP contribution in [0, 0.1) is 31.6 Å². The highest BCUT2D eigenvalue weighted by Gasteiger charge is 2.01. The highest BCUT2D eigenvalue weighted by Crippen LogP contribution is 2.16. The average molecular weight is 155 g/mol. The third-order valence-corrected chi connectivity index (χ3v) is 1.74. The zero-order chi connectivity index (χ0) is 9.14. The van der Waals surface area contributed by atoms with Crippen LogP contribution in [-0.2, 0) is 0 Å². The van der Waals surface area contributed by atoms with E-state index in [4.69, 9.17) is 18.6 Å². The normalized spacial score (nSPS) is 8.58. The Morgan fingerprint density at radius 2 is 1.58 bits per heavy atom. The first kappa shape index (κ1) is 8.24. The van der Waals surface area contributed by atoms with E-state index in [1.165, 1.54) is 0 Å². The summed E-state index contributed by atoms with van der Waals surface area (Å²) in [5.41, 5.74) is 8.67. The highest BCUT2D eigenvalue weighted by molar-refractivity contribution is 5.58. The summed E-state index contributed by atoms with van der Waals surface area (Å²) in [5.74, 6) is 5.07. The van der Waals surface area contributed by atoms with Crippen LogP contribution in [0.2, 0.25) is 0 Å². The molecule has 0 saturated heterocycles. The van der Waals surface area contributed by atoms with Crippen molar-refractivity contribution in [1.82, 2.24) is 0 Å². The summed E-state index contributed by atoms with van der Waals surface area (Å²) in [6, 6.07) is 3.49. The maximum Gasteiger partial charge on any atom is 0.0339 e. The lowest BCUT2D eigenvalue weighted by atomic mass is 10.0. The fraction of sp³-hybridized carbons (Fsp3) is 0.0909. The van der Waals surface area contributed by atoms with Crippen LogP contribution in [0.25, 0.3) is 0 Å². The predicted molar refractivity (Wildman–Crippen MR) is 51.5 cm³/mol. The maximum atomic E-state index is 5.59. The van der Waals surface area contributed by atoms with Crippen molar-refractivity contribution in [2.45, 2.75) is 6.92 Å². The molecule has 1 rings (SSSR count). The van der Waals surface area contributed by atoms with Crippen molar-refractivity contribution in [3.8, 4) is 24.7 Å². The van der Waals surface area contributed by atoms with Crippen LogP contribution in [0.3, 0.4) is 0 Å². The molecule has 0 saturated carbocycles. The molecule has 1 aromatic carbocycles. The van der Waals surface area contributed by atoms with E-state index in [0.717, 1.165) is 16.7 Å². The first-order valence-corrected chi connectivity index (χ1v) is 3.52. The highest BCUT2D eigenvalue weighted by atomic mass is 14.5. The number of hydrogen-bond acceptors (Lipinski definition) is 1. The zero-order valence-electron chi connectivity index (χ0n) is 6.89. The van der Waals surface area contributed by atoms with Crippen molar-refractivity contribution < 1.29 is 0 Å². The number of terminal acetylenes is 2. The molecule has 0 aliphatic carbocycles. The molecule has 0 radical (unpaired) electrons. The largest absolute Gasteiger partial charge is 0.399 e. The van der Waals surface area contributed by atoms with Crippen molar-refractivity contribution in [2.24, 2.45) is 0 Å². The lowest BCUT2D eigenvalue weighted by Gasteiger charge is -2.03. The summed E-state index contributed by atoms with van der Waals surface area (Å²) in [6.45, 7) is 1.89. The maximum absolute atomic E-state index is 5.59. The van der Waals surface area contributed by atoms with E-state index in [0.29, 0.717) is 5.69 Å². The van der Waals surface area contributed by atoms with E-state index < -0.39 is 0 Å². The molecule has 0 unspecified atom stereocenters. The van der Waals surface area contributed by atoms with Gasteiger partial charge in [0.2, 0.25) is 0 Å². The second-order valence-corrected chi connectivity index (χ2v) is 2.53. The fourth-order valence-corrected chi connectivity index (χ4v) is 1.04. The fourth-order valence-electron chi connectivity index (χ4n) is 1.04. The molecule has 1 heteroatoms. The second kappa shape index (κ2) is 3.03.